The first-order valence-electron chi connectivity index (χ1n) is 9.40. The molecule has 0 unspecified atom stereocenters. The summed E-state index contributed by atoms with van der Waals surface area (Å²) in [5.41, 5.74) is 1.78. The number of anilines is 1. The zero-order valence-corrected chi connectivity index (χ0v) is 17.3. The summed E-state index contributed by atoms with van der Waals surface area (Å²) in [5, 5.41) is 13.6. The second-order valence-corrected chi connectivity index (χ2v) is 7.74. The van der Waals surface area contributed by atoms with Crippen LogP contribution < -0.4 is 10.1 Å². The number of carbonyl (C=O) groups excluding carboxylic acids is 2. The van der Waals surface area contributed by atoms with Crippen molar-refractivity contribution in [3.63, 3.8) is 0 Å². The molecule has 3 aromatic rings. The van der Waals surface area contributed by atoms with Crippen LogP contribution in [-0.4, -0.2) is 37.2 Å². The number of ether oxygens (including phenoxy) is 2. The van der Waals surface area contributed by atoms with E-state index in [9.17, 15) is 14.9 Å². The average molecular weight is 425 g/mol. The van der Waals surface area contributed by atoms with E-state index < -0.39 is 5.91 Å². The van der Waals surface area contributed by atoms with Gasteiger partial charge >= 0.3 is 6.09 Å². The van der Waals surface area contributed by atoms with Gasteiger partial charge < -0.3 is 24.1 Å². The van der Waals surface area contributed by atoms with Gasteiger partial charge in [0.2, 0.25) is 0 Å². The summed E-state index contributed by atoms with van der Waals surface area (Å²) in [4.78, 5) is 27.3. The molecule has 154 valence electrons. The molecule has 0 radical (unpaired) electrons. The number of para-hydroxylation sites is 1. The molecular weight excluding hydrogens is 406 g/mol. The lowest BCUT2D eigenvalue weighted by atomic mass is 10.0. The van der Waals surface area contributed by atoms with Crippen molar-refractivity contribution in [3.05, 3.63) is 46.0 Å². The number of hydrogen-bond acceptors (Lipinski definition) is 7. The molecule has 0 fully saturated rings. The number of carbonyl (C=O) groups is 2. The molecule has 1 N–H and O–H groups in total. The summed E-state index contributed by atoms with van der Waals surface area (Å²) in [6, 6.07) is 9.21. The maximum atomic E-state index is 12.8. The molecule has 0 atom stereocenters. The number of fused-ring (bicyclic) bond motifs is 2. The minimum absolute atomic E-state index is 0.123. The summed E-state index contributed by atoms with van der Waals surface area (Å²) in [5.74, 6) is 0.207. The third kappa shape index (κ3) is 3.46. The Morgan fingerprint density at radius 2 is 2.23 bits per heavy atom. The van der Waals surface area contributed by atoms with Crippen LogP contribution in [0.1, 0.15) is 33.5 Å². The highest BCUT2D eigenvalue weighted by molar-refractivity contribution is 7.16. The molecule has 9 heteroatoms. The molecule has 8 nitrogen and oxygen atoms in total. The molecule has 2 aromatic heterocycles. The highest BCUT2D eigenvalue weighted by Gasteiger charge is 2.28. The summed E-state index contributed by atoms with van der Waals surface area (Å²) in [6.07, 6.45) is 0.155. The zero-order chi connectivity index (χ0) is 21.3. The predicted molar refractivity (Wildman–Crippen MR) is 111 cm³/mol. The Bertz CT molecular complexity index is 1170. The van der Waals surface area contributed by atoms with Crippen LogP contribution in [0.2, 0.25) is 0 Å². The fourth-order valence-corrected chi connectivity index (χ4v) is 4.66. The van der Waals surface area contributed by atoms with Gasteiger partial charge in [-0.25, -0.2) is 4.79 Å². The van der Waals surface area contributed by atoms with Crippen molar-refractivity contribution >= 4 is 39.3 Å². The van der Waals surface area contributed by atoms with Crippen molar-refractivity contribution < 1.29 is 23.5 Å². The Morgan fingerprint density at radius 3 is 2.97 bits per heavy atom. The first-order valence-corrected chi connectivity index (χ1v) is 10.2. The van der Waals surface area contributed by atoms with Crippen molar-refractivity contribution in [3.8, 4) is 11.8 Å². The minimum Gasteiger partial charge on any atom is -0.493 e. The Labute approximate surface area is 176 Å². The van der Waals surface area contributed by atoms with Crippen molar-refractivity contribution in [2.45, 2.75) is 19.9 Å². The molecule has 0 saturated heterocycles. The number of amides is 2. The monoisotopic (exact) mass is 425 g/mol. The molecule has 1 aliphatic rings. The molecule has 0 saturated carbocycles. The third-order valence-corrected chi connectivity index (χ3v) is 6.01. The van der Waals surface area contributed by atoms with E-state index in [0.717, 1.165) is 15.8 Å². The van der Waals surface area contributed by atoms with E-state index in [0.29, 0.717) is 48.0 Å². The van der Waals surface area contributed by atoms with Crippen molar-refractivity contribution in [2.24, 2.45) is 0 Å². The SMILES string of the molecule is CCOC(=O)N1CCc2c(sc(NC(=O)c3cc4cccc(OC)c4o3)c2C#N)C1. The van der Waals surface area contributed by atoms with Crippen LogP contribution in [0.15, 0.2) is 28.7 Å². The first kappa shape index (κ1) is 19.8. The number of benzene rings is 1. The molecule has 3 heterocycles. The second kappa shape index (κ2) is 8.08. The standard InChI is InChI=1S/C21H19N3O5S/c1-3-28-21(26)24-8-7-13-14(10-22)20(30-17(13)11-24)23-19(25)16-9-12-5-4-6-15(27-2)18(12)29-16/h4-6,9H,3,7-8,11H2,1-2H3,(H,23,25). The van der Waals surface area contributed by atoms with E-state index in [2.05, 4.69) is 11.4 Å². The van der Waals surface area contributed by atoms with Crippen LogP contribution in [0.5, 0.6) is 5.75 Å². The molecule has 4 rings (SSSR count). The number of nitriles is 1. The van der Waals surface area contributed by atoms with Gasteiger partial charge in [-0.3, -0.25) is 4.79 Å². The molecule has 1 aliphatic heterocycles. The van der Waals surface area contributed by atoms with Gasteiger partial charge in [0, 0.05) is 16.8 Å². The van der Waals surface area contributed by atoms with Gasteiger partial charge in [-0.2, -0.15) is 5.26 Å². The number of nitrogens with zero attached hydrogens (tertiary/aromatic N) is 2. The van der Waals surface area contributed by atoms with E-state index in [4.69, 9.17) is 13.9 Å². The molecular formula is C21H19N3O5S. The highest BCUT2D eigenvalue weighted by atomic mass is 32.1. The third-order valence-electron chi connectivity index (χ3n) is 4.87. The molecule has 1 aromatic carbocycles. The lowest BCUT2D eigenvalue weighted by molar-refractivity contribution is 0.0997. The van der Waals surface area contributed by atoms with Gasteiger partial charge in [-0.1, -0.05) is 12.1 Å². The van der Waals surface area contributed by atoms with E-state index in [1.165, 1.54) is 18.4 Å². The van der Waals surface area contributed by atoms with Crippen LogP contribution in [-0.2, 0) is 17.7 Å². The van der Waals surface area contributed by atoms with Gasteiger partial charge in [-0.15, -0.1) is 11.3 Å². The number of thiophene rings is 1. The maximum absolute atomic E-state index is 12.8. The van der Waals surface area contributed by atoms with Gasteiger partial charge in [-0.05, 0) is 31.0 Å². The second-order valence-electron chi connectivity index (χ2n) is 6.63. The van der Waals surface area contributed by atoms with Gasteiger partial charge in [0.25, 0.3) is 5.91 Å². The van der Waals surface area contributed by atoms with E-state index in [1.807, 2.05) is 12.1 Å². The molecule has 0 spiro atoms. The Balaban J connectivity index is 1.59. The smallest absolute Gasteiger partial charge is 0.410 e. The van der Waals surface area contributed by atoms with E-state index in [1.54, 1.807) is 24.0 Å². The first-order chi connectivity index (χ1) is 14.5. The quantitative estimate of drug-likeness (QED) is 0.674. The van der Waals surface area contributed by atoms with Crippen molar-refractivity contribution in [1.29, 1.82) is 5.26 Å². The minimum atomic E-state index is -0.453. The van der Waals surface area contributed by atoms with Crippen LogP contribution in [0.25, 0.3) is 11.0 Å². The van der Waals surface area contributed by atoms with Crippen LogP contribution >= 0.6 is 11.3 Å². The highest BCUT2D eigenvalue weighted by Crippen LogP contribution is 2.37. The van der Waals surface area contributed by atoms with E-state index >= 15 is 0 Å². The molecule has 0 bridgehead atoms. The Morgan fingerprint density at radius 1 is 1.40 bits per heavy atom. The number of methoxy groups -OCH3 is 1. The lowest BCUT2D eigenvalue weighted by Crippen LogP contribution is -2.35. The predicted octanol–water partition coefficient (Wildman–Crippen LogP) is 4.14. The molecule has 0 aliphatic carbocycles. The van der Waals surface area contributed by atoms with Gasteiger partial charge in [0.05, 0.1) is 25.8 Å². The van der Waals surface area contributed by atoms with Gasteiger partial charge in [0.1, 0.15) is 11.1 Å². The zero-order valence-electron chi connectivity index (χ0n) is 16.5. The number of rotatable bonds is 4. The van der Waals surface area contributed by atoms with E-state index in [-0.39, 0.29) is 11.9 Å². The summed E-state index contributed by atoms with van der Waals surface area (Å²) >= 11 is 1.29. The number of hydrogen-bond donors (Lipinski definition) is 1. The van der Waals surface area contributed by atoms with Crippen molar-refractivity contribution in [1.82, 2.24) is 4.90 Å². The normalized spacial score (nSPS) is 12.9. The van der Waals surface area contributed by atoms with Crippen LogP contribution in [0, 0.1) is 11.3 Å². The van der Waals surface area contributed by atoms with Crippen molar-refractivity contribution in [2.75, 3.05) is 25.6 Å². The fourth-order valence-electron chi connectivity index (χ4n) is 3.45. The summed E-state index contributed by atoms with van der Waals surface area (Å²) < 4.78 is 16.0. The molecule has 2 amide bonds. The lowest BCUT2D eigenvalue weighted by Gasteiger charge is -2.25. The van der Waals surface area contributed by atoms with Crippen LogP contribution in [0.3, 0.4) is 0 Å². The summed E-state index contributed by atoms with van der Waals surface area (Å²) in [6.45, 7) is 2.88. The summed E-state index contributed by atoms with van der Waals surface area (Å²) in [7, 11) is 1.53. The Hall–Kier alpha value is -3.51. The number of furan rings is 1. The topological polar surface area (TPSA) is 105 Å². The average Bonchev–Trinajstić information content (AvgIpc) is 3.34. The largest absolute Gasteiger partial charge is 0.493 e. The van der Waals surface area contributed by atoms with Gasteiger partial charge in [0.15, 0.2) is 17.1 Å². The van der Waals surface area contributed by atoms with Crippen LogP contribution in [0.4, 0.5) is 9.80 Å². The number of nitrogens with one attached hydrogen (secondary N) is 1. The Kier molecular flexibility index (Phi) is 5.33. The maximum Gasteiger partial charge on any atom is 0.410 e. The molecule has 30 heavy (non-hydrogen) atoms. The fraction of sp³-hybridized carbons (Fsp3) is 0.286.